The van der Waals surface area contributed by atoms with E-state index in [1.807, 2.05) is 13.0 Å². The minimum atomic E-state index is -0.195. The van der Waals surface area contributed by atoms with Crippen LogP contribution >= 0.6 is 0 Å². The third-order valence-corrected chi connectivity index (χ3v) is 1.63. The minimum Gasteiger partial charge on any atom is -0.352 e. The minimum absolute atomic E-state index is 0.195. The lowest BCUT2D eigenvalue weighted by molar-refractivity contribution is 0.0955. The predicted octanol–water partition coefficient (Wildman–Crippen LogP) is 1.31. The molecule has 1 N–H and O–H groups in total. The molecule has 66 valence electrons. The maximum absolute atomic E-state index is 11.4. The summed E-state index contributed by atoms with van der Waals surface area (Å²) in [5.74, 6) is -0.195. The van der Waals surface area contributed by atoms with Crippen LogP contribution in [0.4, 0.5) is 0 Å². The van der Waals surface area contributed by atoms with Crippen LogP contribution in [-0.2, 0) is 0 Å². The Morgan fingerprint density at radius 1 is 1.54 bits per heavy atom. The number of amides is 1. The number of hydrogen-bond acceptors (Lipinski definition) is 2. The van der Waals surface area contributed by atoms with Gasteiger partial charge in [-0.25, -0.2) is 0 Å². The van der Waals surface area contributed by atoms with Crippen molar-refractivity contribution in [2.24, 2.45) is 0 Å². The summed E-state index contributed by atoms with van der Waals surface area (Å²) in [5.41, 5.74) is 0.848. The third kappa shape index (κ3) is 2.06. The maximum Gasteiger partial charge on any atom is 0.252 e. The molecule has 1 aromatic carbocycles. The first-order valence-electron chi connectivity index (χ1n) is 4.07. The van der Waals surface area contributed by atoms with Crippen molar-refractivity contribution in [3.05, 3.63) is 35.4 Å². The van der Waals surface area contributed by atoms with Gasteiger partial charge in [-0.15, -0.1) is 0 Å². The van der Waals surface area contributed by atoms with Gasteiger partial charge in [-0.2, -0.15) is 5.26 Å². The van der Waals surface area contributed by atoms with E-state index in [4.69, 9.17) is 5.26 Å². The fraction of sp³-hybridized carbons (Fsp3) is 0.200. The highest BCUT2D eigenvalue weighted by molar-refractivity contribution is 5.96. The Morgan fingerprint density at radius 3 is 2.85 bits per heavy atom. The summed E-state index contributed by atoms with van der Waals surface area (Å²) < 4.78 is 0. The fourth-order valence-corrected chi connectivity index (χ4v) is 1.03. The number of carbonyl (C=O) groups is 1. The summed E-state index contributed by atoms with van der Waals surface area (Å²) in [6, 6.07) is 8.72. The van der Waals surface area contributed by atoms with Crippen LogP contribution in [0.5, 0.6) is 0 Å². The van der Waals surface area contributed by atoms with E-state index < -0.39 is 0 Å². The molecule has 0 spiro atoms. The van der Waals surface area contributed by atoms with E-state index in [2.05, 4.69) is 5.32 Å². The number of nitrogens with one attached hydrogen (secondary N) is 1. The molecular weight excluding hydrogens is 164 g/mol. The second-order valence-corrected chi connectivity index (χ2v) is 2.52. The molecule has 0 saturated carbocycles. The van der Waals surface area contributed by atoms with Gasteiger partial charge in [0, 0.05) is 6.54 Å². The highest BCUT2D eigenvalue weighted by Crippen LogP contribution is 2.06. The molecule has 1 aromatic rings. The zero-order chi connectivity index (χ0) is 9.68. The van der Waals surface area contributed by atoms with E-state index in [0.29, 0.717) is 17.7 Å². The van der Waals surface area contributed by atoms with E-state index in [1.165, 1.54) is 0 Å². The molecule has 0 heterocycles. The number of nitrogens with zero attached hydrogens (tertiary/aromatic N) is 1. The van der Waals surface area contributed by atoms with Crippen LogP contribution in [0.15, 0.2) is 24.3 Å². The Morgan fingerprint density at radius 2 is 2.23 bits per heavy atom. The smallest absolute Gasteiger partial charge is 0.252 e. The highest BCUT2D eigenvalue weighted by Gasteiger charge is 2.08. The fourth-order valence-electron chi connectivity index (χ4n) is 1.03. The van der Waals surface area contributed by atoms with Gasteiger partial charge in [-0.3, -0.25) is 4.79 Å². The summed E-state index contributed by atoms with van der Waals surface area (Å²) in [5, 5.41) is 11.4. The van der Waals surface area contributed by atoms with Crippen LogP contribution in [0, 0.1) is 11.3 Å². The molecule has 13 heavy (non-hydrogen) atoms. The first-order chi connectivity index (χ1) is 6.29. The number of rotatable bonds is 2. The molecule has 3 heteroatoms. The zero-order valence-corrected chi connectivity index (χ0v) is 7.37. The lowest BCUT2D eigenvalue weighted by Gasteiger charge is -2.02. The van der Waals surface area contributed by atoms with E-state index in [1.54, 1.807) is 24.3 Å². The number of benzene rings is 1. The van der Waals surface area contributed by atoms with Crippen LogP contribution in [0.1, 0.15) is 22.8 Å². The molecular formula is C10H10N2O. The van der Waals surface area contributed by atoms with Crippen LogP contribution in [0.25, 0.3) is 0 Å². The predicted molar refractivity (Wildman–Crippen MR) is 49.2 cm³/mol. The Bertz CT molecular complexity index is 352. The van der Waals surface area contributed by atoms with Gasteiger partial charge in [0.05, 0.1) is 17.2 Å². The normalized spacial score (nSPS) is 8.92. The van der Waals surface area contributed by atoms with E-state index >= 15 is 0 Å². The van der Waals surface area contributed by atoms with Crippen LogP contribution in [-0.4, -0.2) is 12.5 Å². The summed E-state index contributed by atoms with van der Waals surface area (Å²) in [6.45, 7) is 2.41. The van der Waals surface area contributed by atoms with Gasteiger partial charge >= 0.3 is 0 Å². The lowest BCUT2D eigenvalue weighted by atomic mass is 10.1. The summed E-state index contributed by atoms with van der Waals surface area (Å²) >= 11 is 0. The van der Waals surface area contributed by atoms with Crippen LogP contribution in [0.3, 0.4) is 0 Å². The van der Waals surface area contributed by atoms with E-state index in [-0.39, 0.29) is 5.91 Å². The van der Waals surface area contributed by atoms with Gasteiger partial charge in [0.25, 0.3) is 5.91 Å². The SMILES string of the molecule is CCNC(=O)c1ccccc1C#N. The third-order valence-electron chi connectivity index (χ3n) is 1.63. The van der Waals surface area contributed by atoms with Crippen LogP contribution in [0.2, 0.25) is 0 Å². The van der Waals surface area contributed by atoms with Crippen LogP contribution < -0.4 is 5.32 Å². The molecule has 0 saturated heterocycles. The average Bonchev–Trinajstić information content (AvgIpc) is 2.18. The van der Waals surface area contributed by atoms with Crippen molar-refractivity contribution < 1.29 is 4.79 Å². The second kappa shape index (κ2) is 4.27. The monoisotopic (exact) mass is 174 g/mol. The Balaban J connectivity index is 3.01. The standard InChI is InChI=1S/C10H10N2O/c1-2-12-10(13)9-6-4-3-5-8(9)7-11/h3-6H,2H2,1H3,(H,12,13). The average molecular weight is 174 g/mol. The number of nitriles is 1. The largest absolute Gasteiger partial charge is 0.352 e. The summed E-state index contributed by atoms with van der Waals surface area (Å²) in [6.07, 6.45) is 0. The van der Waals surface area contributed by atoms with Gasteiger partial charge < -0.3 is 5.32 Å². The van der Waals surface area contributed by atoms with E-state index in [0.717, 1.165) is 0 Å². The van der Waals surface area contributed by atoms with Gasteiger partial charge in [-0.05, 0) is 19.1 Å². The van der Waals surface area contributed by atoms with Gasteiger partial charge in [0.15, 0.2) is 0 Å². The van der Waals surface area contributed by atoms with Crippen molar-refractivity contribution in [1.29, 1.82) is 5.26 Å². The van der Waals surface area contributed by atoms with Crippen molar-refractivity contribution in [1.82, 2.24) is 5.32 Å². The topological polar surface area (TPSA) is 52.9 Å². The van der Waals surface area contributed by atoms with Gasteiger partial charge in [0.2, 0.25) is 0 Å². The van der Waals surface area contributed by atoms with Crippen molar-refractivity contribution in [2.45, 2.75) is 6.92 Å². The van der Waals surface area contributed by atoms with E-state index in [9.17, 15) is 4.79 Å². The van der Waals surface area contributed by atoms with Crippen molar-refractivity contribution in [3.63, 3.8) is 0 Å². The Hall–Kier alpha value is -1.82. The molecule has 3 nitrogen and oxygen atoms in total. The maximum atomic E-state index is 11.4. The molecule has 0 fully saturated rings. The number of hydrogen-bond donors (Lipinski definition) is 1. The van der Waals surface area contributed by atoms with Crippen molar-refractivity contribution in [3.8, 4) is 6.07 Å². The molecule has 1 amide bonds. The molecule has 0 radical (unpaired) electrons. The molecule has 0 unspecified atom stereocenters. The molecule has 0 aliphatic heterocycles. The lowest BCUT2D eigenvalue weighted by Crippen LogP contribution is -2.23. The summed E-state index contributed by atoms with van der Waals surface area (Å²) in [4.78, 5) is 11.4. The number of carbonyl (C=O) groups excluding carboxylic acids is 1. The highest BCUT2D eigenvalue weighted by atomic mass is 16.1. The quantitative estimate of drug-likeness (QED) is 0.734. The molecule has 0 aromatic heterocycles. The first-order valence-corrected chi connectivity index (χ1v) is 4.07. The van der Waals surface area contributed by atoms with Gasteiger partial charge in [0.1, 0.15) is 0 Å². The molecule has 0 bridgehead atoms. The van der Waals surface area contributed by atoms with Crippen molar-refractivity contribution >= 4 is 5.91 Å². The van der Waals surface area contributed by atoms with Crippen molar-refractivity contribution in [2.75, 3.05) is 6.54 Å². The molecule has 0 aliphatic rings. The second-order valence-electron chi connectivity index (χ2n) is 2.52. The Labute approximate surface area is 77.0 Å². The molecule has 1 rings (SSSR count). The zero-order valence-electron chi connectivity index (χ0n) is 7.37. The Kier molecular flexibility index (Phi) is 3.04. The van der Waals surface area contributed by atoms with Gasteiger partial charge in [-0.1, -0.05) is 12.1 Å². The summed E-state index contributed by atoms with van der Waals surface area (Å²) in [7, 11) is 0. The first kappa shape index (κ1) is 9.27. The molecule has 0 aliphatic carbocycles. The molecule has 0 atom stereocenters.